The number of hydrogen-bond acceptors (Lipinski definition) is 4. The summed E-state index contributed by atoms with van der Waals surface area (Å²) < 4.78 is 0. The van der Waals surface area contributed by atoms with Gasteiger partial charge in [-0.05, 0) is 37.3 Å². The molecule has 6 nitrogen and oxygen atoms in total. The van der Waals surface area contributed by atoms with E-state index in [1.165, 1.54) is 5.56 Å². The summed E-state index contributed by atoms with van der Waals surface area (Å²) in [5.41, 5.74) is 7.61. The van der Waals surface area contributed by atoms with Crippen molar-refractivity contribution < 1.29 is 14.7 Å². The number of nitrogens with two attached hydrogens (primary N) is 1. The molecule has 0 aliphatic heterocycles. The van der Waals surface area contributed by atoms with Crippen molar-refractivity contribution in [2.45, 2.75) is 52.2 Å². The standard InChI is InChI=1S/C19H31N3O3/c1-12(2)9-15-5-7-16(8-6-15)13(3)18(24)21-10-17(23)11-22-19(25)14(4)20/h5-8,12-14,17,23H,9-11,20H2,1-4H3,(H,21,24)(H,22,25)/t13?,14-,17?/m0/s1. The van der Waals surface area contributed by atoms with Gasteiger partial charge in [-0.25, -0.2) is 0 Å². The predicted octanol–water partition coefficient (Wildman–Crippen LogP) is 0.929. The van der Waals surface area contributed by atoms with E-state index < -0.39 is 12.1 Å². The molecule has 25 heavy (non-hydrogen) atoms. The summed E-state index contributed by atoms with van der Waals surface area (Å²) in [4.78, 5) is 23.6. The number of nitrogens with one attached hydrogen (secondary N) is 2. The van der Waals surface area contributed by atoms with E-state index in [1.54, 1.807) is 6.92 Å². The Kier molecular flexibility index (Phi) is 8.58. The van der Waals surface area contributed by atoms with Crippen molar-refractivity contribution in [3.8, 4) is 0 Å². The van der Waals surface area contributed by atoms with Gasteiger partial charge in [-0.2, -0.15) is 0 Å². The molecule has 140 valence electrons. The Morgan fingerprint density at radius 2 is 1.52 bits per heavy atom. The number of aliphatic hydroxyl groups is 1. The van der Waals surface area contributed by atoms with Crippen LogP contribution in [0.5, 0.6) is 0 Å². The normalized spacial score (nSPS) is 14.7. The molecule has 0 fully saturated rings. The van der Waals surface area contributed by atoms with Gasteiger partial charge in [0.15, 0.2) is 0 Å². The fraction of sp³-hybridized carbons (Fsp3) is 0.579. The van der Waals surface area contributed by atoms with Gasteiger partial charge in [-0.15, -0.1) is 0 Å². The van der Waals surface area contributed by atoms with Crippen molar-refractivity contribution >= 4 is 11.8 Å². The third kappa shape index (κ3) is 7.67. The molecule has 0 bridgehead atoms. The van der Waals surface area contributed by atoms with Gasteiger partial charge >= 0.3 is 0 Å². The first-order chi connectivity index (χ1) is 11.7. The Balaban J connectivity index is 2.44. The maximum absolute atomic E-state index is 12.2. The van der Waals surface area contributed by atoms with Crippen LogP contribution in [-0.4, -0.2) is 42.2 Å². The highest BCUT2D eigenvalue weighted by Gasteiger charge is 2.17. The predicted molar refractivity (Wildman–Crippen MR) is 99.1 cm³/mol. The molecule has 2 amide bonds. The molecule has 0 aromatic heterocycles. The lowest BCUT2D eigenvalue weighted by Gasteiger charge is -2.17. The number of carbonyl (C=O) groups excluding carboxylic acids is 2. The van der Waals surface area contributed by atoms with Crippen LogP contribution in [0.1, 0.15) is 44.7 Å². The van der Waals surface area contributed by atoms with Gasteiger partial charge in [-0.3, -0.25) is 9.59 Å². The smallest absolute Gasteiger partial charge is 0.236 e. The van der Waals surface area contributed by atoms with Crippen LogP contribution in [0.15, 0.2) is 24.3 Å². The van der Waals surface area contributed by atoms with Crippen molar-refractivity contribution in [3.05, 3.63) is 35.4 Å². The van der Waals surface area contributed by atoms with E-state index in [2.05, 4.69) is 36.6 Å². The molecule has 6 heteroatoms. The van der Waals surface area contributed by atoms with Crippen molar-refractivity contribution in [2.24, 2.45) is 11.7 Å². The quantitative estimate of drug-likeness (QED) is 0.532. The number of hydrogen-bond donors (Lipinski definition) is 4. The lowest BCUT2D eigenvalue weighted by molar-refractivity contribution is -0.122. The van der Waals surface area contributed by atoms with Gasteiger partial charge in [0.1, 0.15) is 0 Å². The molecule has 0 aliphatic carbocycles. The van der Waals surface area contributed by atoms with Crippen molar-refractivity contribution in [1.82, 2.24) is 10.6 Å². The fourth-order valence-electron chi connectivity index (χ4n) is 2.39. The average molecular weight is 349 g/mol. The van der Waals surface area contributed by atoms with Crippen molar-refractivity contribution in [1.29, 1.82) is 0 Å². The van der Waals surface area contributed by atoms with Crippen LogP contribution in [0.2, 0.25) is 0 Å². The summed E-state index contributed by atoms with van der Waals surface area (Å²) in [6.07, 6.45) is 0.160. The van der Waals surface area contributed by atoms with E-state index >= 15 is 0 Å². The van der Waals surface area contributed by atoms with Gasteiger partial charge in [0.25, 0.3) is 0 Å². The first-order valence-corrected chi connectivity index (χ1v) is 8.78. The van der Waals surface area contributed by atoms with E-state index in [0.717, 1.165) is 12.0 Å². The molecule has 1 rings (SSSR count). The summed E-state index contributed by atoms with van der Waals surface area (Å²) >= 11 is 0. The first kappa shape index (κ1) is 21.1. The molecule has 0 heterocycles. The second kappa shape index (κ2) is 10.2. The highest BCUT2D eigenvalue weighted by molar-refractivity contribution is 5.83. The van der Waals surface area contributed by atoms with E-state index in [4.69, 9.17) is 5.73 Å². The monoisotopic (exact) mass is 349 g/mol. The van der Waals surface area contributed by atoms with Gasteiger partial charge in [-0.1, -0.05) is 38.1 Å². The molecule has 0 saturated heterocycles. The Hall–Kier alpha value is -1.92. The zero-order chi connectivity index (χ0) is 19.0. The fourth-order valence-corrected chi connectivity index (χ4v) is 2.39. The SMILES string of the molecule is CC(C)Cc1ccc(C(C)C(=O)NCC(O)CNC(=O)[C@H](C)N)cc1. The lowest BCUT2D eigenvalue weighted by Crippen LogP contribution is -2.45. The molecular formula is C19H31N3O3. The van der Waals surface area contributed by atoms with Gasteiger partial charge < -0.3 is 21.5 Å². The molecule has 0 aliphatic rings. The number of carbonyl (C=O) groups is 2. The Morgan fingerprint density at radius 1 is 1.00 bits per heavy atom. The molecule has 1 aromatic rings. The van der Waals surface area contributed by atoms with Crippen LogP contribution >= 0.6 is 0 Å². The van der Waals surface area contributed by atoms with Crippen LogP contribution in [0.4, 0.5) is 0 Å². The Morgan fingerprint density at radius 3 is 2.00 bits per heavy atom. The van der Waals surface area contributed by atoms with Crippen molar-refractivity contribution in [2.75, 3.05) is 13.1 Å². The molecule has 5 N–H and O–H groups in total. The minimum Gasteiger partial charge on any atom is -0.389 e. The minimum absolute atomic E-state index is 0.0545. The maximum Gasteiger partial charge on any atom is 0.236 e. The van der Waals surface area contributed by atoms with E-state index in [1.807, 2.05) is 19.1 Å². The zero-order valence-corrected chi connectivity index (χ0v) is 15.6. The van der Waals surface area contributed by atoms with Crippen molar-refractivity contribution in [3.63, 3.8) is 0 Å². The van der Waals surface area contributed by atoms with E-state index in [0.29, 0.717) is 5.92 Å². The third-order valence-electron chi connectivity index (χ3n) is 3.95. The van der Waals surface area contributed by atoms with Crippen LogP contribution in [0, 0.1) is 5.92 Å². The van der Waals surface area contributed by atoms with Gasteiger partial charge in [0.05, 0.1) is 18.1 Å². The number of rotatable bonds is 9. The third-order valence-corrected chi connectivity index (χ3v) is 3.95. The average Bonchev–Trinajstić information content (AvgIpc) is 2.56. The summed E-state index contributed by atoms with van der Waals surface area (Å²) in [5.74, 6) is -0.204. The maximum atomic E-state index is 12.2. The number of benzene rings is 1. The summed E-state index contributed by atoms with van der Waals surface area (Å²) in [6.45, 7) is 7.87. The van der Waals surface area contributed by atoms with Crippen LogP contribution in [-0.2, 0) is 16.0 Å². The minimum atomic E-state index is -0.854. The zero-order valence-electron chi connectivity index (χ0n) is 15.6. The van der Waals surface area contributed by atoms with Gasteiger partial charge in [0.2, 0.25) is 11.8 Å². The Bertz CT molecular complexity index is 556. The van der Waals surface area contributed by atoms with Gasteiger partial charge in [0, 0.05) is 13.1 Å². The second-order valence-electron chi connectivity index (χ2n) is 6.99. The number of aliphatic hydroxyl groups excluding tert-OH is 1. The molecule has 0 spiro atoms. The van der Waals surface area contributed by atoms with Crippen LogP contribution in [0.25, 0.3) is 0 Å². The second-order valence-corrected chi connectivity index (χ2v) is 6.99. The van der Waals surface area contributed by atoms with E-state index in [9.17, 15) is 14.7 Å². The highest BCUT2D eigenvalue weighted by atomic mass is 16.3. The van der Waals surface area contributed by atoms with E-state index in [-0.39, 0.29) is 30.8 Å². The lowest BCUT2D eigenvalue weighted by atomic mass is 9.96. The molecule has 1 aromatic carbocycles. The highest BCUT2D eigenvalue weighted by Crippen LogP contribution is 2.17. The van der Waals surface area contributed by atoms with Crippen LogP contribution in [0.3, 0.4) is 0 Å². The largest absolute Gasteiger partial charge is 0.389 e. The topological polar surface area (TPSA) is 104 Å². The molecule has 2 unspecified atom stereocenters. The summed E-state index contributed by atoms with van der Waals surface area (Å²) in [6, 6.07) is 7.43. The first-order valence-electron chi connectivity index (χ1n) is 8.78. The molecule has 0 radical (unpaired) electrons. The number of amides is 2. The molecular weight excluding hydrogens is 318 g/mol. The summed E-state index contributed by atoms with van der Waals surface area (Å²) in [7, 11) is 0. The molecule has 0 saturated carbocycles. The summed E-state index contributed by atoms with van der Waals surface area (Å²) in [5, 5.41) is 15.1. The Labute approximate surface area is 150 Å². The van der Waals surface area contributed by atoms with Crippen LogP contribution < -0.4 is 16.4 Å². The molecule has 3 atom stereocenters.